The summed E-state index contributed by atoms with van der Waals surface area (Å²) in [7, 11) is 0. The van der Waals surface area contributed by atoms with Crippen LogP contribution in [0.25, 0.3) is 16.6 Å². The van der Waals surface area contributed by atoms with Crippen LogP contribution in [0.4, 0.5) is 0 Å². The van der Waals surface area contributed by atoms with Gasteiger partial charge in [-0.25, -0.2) is 10.5 Å². The van der Waals surface area contributed by atoms with E-state index < -0.39 is 0 Å². The summed E-state index contributed by atoms with van der Waals surface area (Å²) in [6, 6.07) is 22.7. The van der Waals surface area contributed by atoms with Crippen molar-refractivity contribution in [2.45, 2.75) is 25.6 Å². The fourth-order valence-corrected chi connectivity index (χ4v) is 4.20. The molecule has 4 aromatic rings. The minimum Gasteiger partial charge on any atom is -0.272 e. The number of aryl methyl sites for hydroxylation is 2. The summed E-state index contributed by atoms with van der Waals surface area (Å²) < 4.78 is 1.58. The van der Waals surface area contributed by atoms with Crippen LogP contribution in [0.15, 0.2) is 82.7 Å². The number of aromatic nitrogens is 2. The number of rotatable bonds is 7. The number of thioether (sulfide) groups is 1. The molecule has 1 aromatic heterocycles. The SMILES string of the molecule is Cc1ccc(-n2c(SCC(=O)NOCc3ccccc3)nc3ccccc3c2=O)c(C)c1. The molecular weight excluding hydrogens is 422 g/mol. The second kappa shape index (κ2) is 9.80. The largest absolute Gasteiger partial charge is 0.272 e. The van der Waals surface area contributed by atoms with Gasteiger partial charge in [-0.2, -0.15) is 0 Å². The van der Waals surface area contributed by atoms with E-state index in [9.17, 15) is 9.59 Å². The van der Waals surface area contributed by atoms with Crippen molar-refractivity contribution in [3.05, 3.63) is 99.8 Å². The van der Waals surface area contributed by atoms with Gasteiger partial charge in [-0.15, -0.1) is 0 Å². The summed E-state index contributed by atoms with van der Waals surface area (Å²) >= 11 is 1.20. The van der Waals surface area contributed by atoms with Crippen molar-refractivity contribution in [2.24, 2.45) is 0 Å². The van der Waals surface area contributed by atoms with Gasteiger partial charge >= 0.3 is 0 Å². The maximum absolute atomic E-state index is 13.3. The van der Waals surface area contributed by atoms with Gasteiger partial charge in [0.2, 0.25) is 0 Å². The van der Waals surface area contributed by atoms with E-state index in [-0.39, 0.29) is 23.8 Å². The number of fused-ring (bicyclic) bond motifs is 1. The van der Waals surface area contributed by atoms with E-state index in [2.05, 4.69) is 10.5 Å². The zero-order chi connectivity index (χ0) is 22.5. The highest BCUT2D eigenvalue weighted by atomic mass is 32.2. The number of hydrogen-bond donors (Lipinski definition) is 1. The van der Waals surface area contributed by atoms with Gasteiger partial charge in [0.05, 0.1) is 29.0 Å². The Labute approximate surface area is 190 Å². The molecule has 1 heterocycles. The monoisotopic (exact) mass is 445 g/mol. The molecule has 1 amide bonds. The number of para-hydroxylation sites is 1. The zero-order valence-corrected chi connectivity index (χ0v) is 18.7. The van der Waals surface area contributed by atoms with Crippen molar-refractivity contribution in [2.75, 3.05) is 5.75 Å². The van der Waals surface area contributed by atoms with E-state index >= 15 is 0 Å². The number of benzene rings is 3. The Kier molecular flexibility index (Phi) is 6.68. The van der Waals surface area contributed by atoms with E-state index in [1.165, 1.54) is 11.8 Å². The molecule has 32 heavy (non-hydrogen) atoms. The first-order valence-corrected chi connectivity index (χ1v) is 11.2. The number of hydrogen-bond acceptors (Lipinski definition) is 5. The molecule has 0 spiro atoms. The highest BCUT2D eigenvalue weighted by Crippen LogP contribution is 2.23. The van der Waals surface area contributed by atoms with Gasteiger partial charge in [-0.1, -0.05) is 71.9 Å². The van der Waals surface area contributed by atoms with Crippen LogP contribution in [0.3, 0.4) is 0 Å². The summed E-state index contributed by atoms with van der Waals surface area (Å²) in [6.45, 7) is 4.24. The molecule has 0 aliphatic carbocycles. The molecule has 6 nitrogen and oxygen atoms in total. The van der Waals surface area contributed by atoms with Crippen molar-refractivity contribution >= 4 is 28.6 Å². The van der Waals surface area contributed by atoms with E-state index in [1.54, 1.807) is 16.7 Å². The Bertz CT molecular complexity index is 1320. The van der Waals surface area contributed by atoms with E-state index in [0.717, 1.165) is 22.4 Å². The third-order valence-electron chi connectivity index (χ3n) is 4.94. The quantitative estimate of drug-likeness (QED) is 0.260. The predicted octanol–water partition coefficient (Wildman–Crippen LogP) is 4.34. The summed E-state index contributed by atoms with van der Waals surface area (Å²) in [5.41, 5.74) is 6.67. The van der Waals surface area contributed by atoms with Gasteiger partial charge in [-0.3, -0.25) is 19.0 Å². The molecule has 4 rings (SSSR count). The fourth-order valence-electron chi connectivity index (χ4n) is 3.41. The van der Waals surface area contributed by atoms with Crippen LogP contribution in [-0.2, 0) is 16.2 Å². The van der Waals surface area contributed by atoms with Crippen LogP contribution in [0.5, 0.6) is 0 Å². The molecule has 0 fully saturated rings. The lowest BCUT2D eigenvalue weighted by molar-refractivity contribution is -0.131. The molecule has 0 atom stereocenters. The molecule has 0 saturated carbocycles. The Morgan fingerprint density at radius 3 is 2.56 bits per heavy atom. The third kappa shape index (κ3) is 4.90. The molecule has 0 unspecified atom stereocenters. The van der Waals surface area contributed by atoms with Gasteiger partial charge in [0.25, 0.3) is 11.5 Å². The lowest BCUT2D eigenvalue weighted by atomic mass is 10.1. The summed E-state index contributed by atoms with van der Waals surface area (Å²) in [5, 5.41) is 0.992. The lowest BCUT2D eigenvalue weighted by Gasteiger charge is -2.15. The molecule has 0 bridgehead atoms. The Balaban J connectivity index is 1.57. The molecule has 0 aliphatic heterocycles. The minimum absolute atomic E-state index is 0.0600. The Hall–Kier alpha value is -3.42. The highest BCUT2D eigenvalue weighted by molar-refractivity contribution is 7.99. The predicted molar refractivity (Wildman–Crippen MR) is 127 cm³/mol. The molecule has 162 valence electrons. The topological polar surface area (TPSA) is 73.2 Å². The van der Waals surface area contributed by atoms with Crippen LogP contribution < -0.4 is 11.0 Å². The molecule has 7 heteroatoms. The molecule has 0 aliphatic rings. The maximum atomic E-state index is 13.3. The van der Waals surface area contributed by atoms with Crippen LogP contribution >= 0.6 is 11.8 Å². The fraction of sp³-hybridized carbons (Fsp3) is 0.160. The van der Waals surface area contributed by atoms with Crippen LogP contribution in [0.2, 0.25) is 0 Å². The normalized spacial score (nSPS) is 10.9. The van der Waals surface area contributed by atoms with E-state index in [0.29, 0.717) is 16.1 Å². The molecule has 1 N–H and O–H groups in total. The van der Waals surface area contributed by atoms with Gasteiger partial charge < -0.3 is 0 Å². The molecule has 0 radical (unpaired) electrons. The number of carbonyl (C=O) groups is 1. The second-order valence-corrected chi connectivity index (χ2v) is 8.37. The van der Waals surface area contributed by atoms with Gasteiger partial charge in [0.15, 0.2) is 5.16 Å². The number of carbonyl (C=O) groups excluding carboxylic acids is 1. The first-order chi connectivity index (χ1) is 15.5. The number of nitrogens with zero attached hydrogens (tertiary/aromatic N) is 2. The van der Waals surface area contributed by atoms with Crippen molar-refractivity contribution in [3.63, 3.8) is 0 Å². The molecule has 0 saturated heterocycles. The van der Waals surface area contributed by atoms with Crippen molar-refractivity contribution in [3.8, 4) is 5.69 Å². The number of amides is 1. The Morgan fingerprint density at radius 2 is 1.78 bits per heavy atom. The van der Waals surface area contributed by atoms with Gasteiger partial charge in [-0.05, 0) is 43.2 Å². The van der Waals surface area contributed by atoms with Crippen LogP contribution in [0, 0.1) is 13.8 Å². The average molecular weight is 446 g/mol. The lowest BCUT2D eigenvalue weighted by Crippen LogP contribution is -2.27. The number of hydroxylamine groups is 1. The Morgan fingerprint density at radius 1 is 1.03 bits per heavy atom. The van der Waals surface area contributed by atoms with Crippen LogP contribution in [-0.4, -0.2) is 21.2 Å². The maximum Gasteiger partial charge on any atom is 0.266 e. The number of nitrogens with one attached hydrogen (secondary N) is 1. The van der Waals surface area contributed by atoms with Gasteiger partial charge in [0, 0.05) is 0 Å². The summed E-state index contributed by atoms with van der Waals surface area (Å²) in [5.74, 6) is -0.245. The zero-order valence-electron chi connectivity index (χ0n) is 17.9. The first-order valence-electron chi connectivity index (χ1n) is 10.2. The average Bonchev–Trinajstić information content (AvgIpc) is 2.79. The first kappa shape index (κ1) is 21.8. The third-order valence-corrected chi connectivity index (χ3v) is 5.88. The van der Waals surface area contributed by atoms with Crippen molar-refractivity contribution < 1.29 is 9.63 Å². The van der Waals surface area contributed by atoms with Crippen LogP contribution in [0.1, 0.15) is 16.7 Å². The standard InChI is InChI=1S/C25H23N3O3S/c1-17-12-13-22(18(2)14-17)28-24(30)20-10-6-7-11-21(20)26-25(28)32-16-23(29)27-31-15-19-8-4-3-5-9-19/h3-14H,15-16H2,1-2H3,(H,27,29). The van der Waals surface area contributed by atoms with Crippen molar-refractivity contribution in [1.82, 2.24) is 15.0 Å². The van der Waals surface area contributed by atoms with E-state index in [1.807, 2.05) is 74.5 Å². The minimum atomic E-state index is -0.305. The highest BCUT2D eigenvalue weighted by Gasteiger charge is 2.16. The second-order valence-electron chi connectivity index (χ2n) is 7.43. The molecule has 3 aromatic carbocycles. The van der Waals surface area contributed by atoms with E-state index in [4.69, 9.17) is 4.84 Å². The summed E-state index contributed by atoms with van der Waals surface area (Å²) in [6.07, 6.45) is 0. The molecular formula is C25H23N3O3S. The summed E-state index contributed by atoms with van der Waals surface area (Å²) in [4.78, 5) is 35.7. The smallest absolute Gasteiger partial charge is 0.266 e. The van der Waals surface area contributed by atoms with Crippen molar-refractivity contribution in [1.29, 1.82) is 0 Å². The van der Waals surface area contributed by atoms with Gasteiger partial charge in [0.1, 0.15) is 0 Å².